The van der Waals surface area contributed by atoms with Gasteiger partial charge in [-0.1, -0.05) is 12.1 Å². The second-order valence-corrected chi connectivity index (χ2v) is 7.20. The van der Waals surface area contributed by atoms with Crippen LogP contribution in [0.4, 0.5) is 14.7 Å². The number of benzene rings is 1. The molecule has 2 aromatic rings. The normalized spacial score (nSPS) is 26.3. The van der Waals surface area contributed by atoms with Gasteiger partial charge in [-0.05, 0) is 37.1 Å². The minimum atomic E-state index is -0.446. The molecule has 7 heteroatoms. The topological polar surface area (TPSA) is 50.3 Å². The van der Waals surface area contributed by atoms with Crippen LogP contribution >= 0.6 is 0 Å². The van der Waals surface area contributed by atoms with Crippen LogP contribution in [0.5, 0.6) is 0 Å². The zero-order chi connectivity index (χ0) is 18.0. The van der Waals surface area contributed by atoms with Crippen molar-refractivity contribution in [2.45, 2.75) is 37.5 Å². The van der Waals surface area contributed by atoms with E-state index >= 15 is 0 Å². The number of piperidine rings is 1. The van der Waals surface area contributed by atoms with Crippen LogP contribution in [0, 0.1) is 11.6 Å². The number of rotatable bonds is 4. The second kappa shape index (κ2) is 7.25. The van der Waals surface area contributed by atoms with Gasteiger partial charge in [0, 0.05) is 19.5 Å². The molecule has 2 aliphatic heterocycles. The van der Waals surface area contributed by atoms with Gasteiger partial charge >= 0.3 is 0 Å². The number of nitrogens with one attached hydrogen (secondary N) is 1. The van der Waals surface area contributed by atoms with Crippen molar-refractivity contribution in [1.29, 1.82) is 0 Å². The lowest BCUT2D eigenvalue weighted by Gasteiger charge is -2.39. The number of hydrogen-bond donors (Lipinski definition) is 1. The Hall–Kier alpha value is -2.12. The molecule has 1 N–H and O–H groups in total. The van der Waals surface area contributed by atoms with Gasteiger partial charge in [-0.15, -0.1) is 0 Å². The van der Waals surface area contributed by atoms with Crippen LogP contribution in [0.3, 0.4) is 0 Å². The summed E-state index contributed by atoms with van der Waals surface area (Å²) in [6, 6.07) is 6.80. The molecule has 0 radical (unpaired) electrons. The summed E-state index contributed by atoms with van der Waals surface area (Å²) >= 11 is 0. The predicted octanol–water partition coefficient (Wildman–Crippen LogP) is 2.99. The molecule has 1 spiro atoms. The number of aromatic nitrogens is 2. The van der Waals surface area contributed by atoms with Crippen LogP contribution in [-0.2, 0) is 11.3 Å². The molecule has 0 saturated carbocycles. The number of anilines is 1. The van der Waals surface area contributed by atoms with Gasteiger partial charge in [0.2, 0.25) is 5.95 Å². The summed E-state index contributed by atoms with van der Waals surface area (Å²) in [4.78, 5) is 10.3. The molecule has 3 heterocycles. The third kappa shape index (κ3) is 3.99. The van der Waals surface area contributed by atoms with Crippen molar-refractivity contribution < 1.29 is 13.5 Å². The van der Waals surface area contributed by atoms with Gasteiger partial charge in [-0.2, -0.15) is 0 Å². The summed E-state index contributed by atoms with van der Waals surface area (Å²) in [5, 5.41) is 3.24. The van der Waals surface area contributed by atoms with Crippen molar-refractivity contribution in [2.75, 3.05) is 25.0 Å². The molecule has 2 saturated heterocycles. The lowest BCUT2D eigenvalue weighted by molar-refractivity contribution is -0.0533. The Morgan fingerprint density at radius 3 is 2.69 bits per heavy atom. The number of likely N-dealkylation sites (tertiary alicyclic amines) is 1. The summed E-state index contributed by atoms with van der Waals surface area (Å²) in [6.07, 6.45) is 5.28. The standard InChI is InChI=1S/C19H22F2N4O/c20-15-4-2-14(3-5-15)11-25-7-1-6-19(13-25)8-17(12-26-19)24-18-22-9-16(21)10-23-18/h2-5,9-10,17H,1,6-8,11-13H2,(H,22,23,24)/t17-,19+/m1/s1. The van der Waals surface area contributed by atoms with Crippen molar-refractivity contribution in [3.8, 4) is 0 Å². The number of nitrogens with zero attached hydrogens (tertiary/aromatic N) is 3. The van der Waals surface area contributed by atoms with E-state index in [1.165, 1.54) is 12.1 Å². The summed E-state index contributed by atoms with van der Waals surface area (Å²) in [6.45, 7) is 3.25. The van der Waals surface area contributed by atoms with Crippen molar-refractivity contribution in [3.05, 3.63) is 53.9 Å². The fourth-order valence-corrected chi connectivity index (χ4v) is 3.96. The van der Waals surface area contributed by atoms with E-state index in [4.69, 9.17) is 4.74 Å². The number of hydrogen-bond acceptors (Lipinski definition) is 5. The summed E-state index contributed by atoms with van der Waals surface area (Å²) in [5.41, 5.74) is 0.937. The minimum absolute atomic E-state index is 0.117. The highest BCUT2D eigenvalue weighted by Gasteiger charge is 2.43. The first-order valence-electron chi connectivity index (χ1n) is 8.95. The van der Waals surface area contributed by atoms with Gasteiger partial charge in [0.05, 0.1) is 30.6 Å². The third-order valence-corrected chi connectivity index (χ3v) is 5.10. The molecule has 0 unspecified atom stereocenters. The molecule has 0 bridgehead atoms. The monoisotopic (exact) mass is 360 g/mol. The smallest absolute Gasteiger partial charge is 0.223 e. The summed E-state index contributed by atoms with van der Waals surface area (Å²) in [5.74, 6) is -0.227. The molecule has 5 nitrogen and oxygen atoms in total. The molecule has 1 aromatic carbocycles. The quantitative estimate of drug-likeness (QED) is 0.908. The van der Waals surface area contributed by atoms with Crippen LogP contribution in [0.25, 0.3) is 0 Å². The molecule has 4 rings (SSSR count). The largest absolute Gasteiger partial charge is 0.371 e. The van der Waals surface area contributed by atoms with Crippen LogP contribution < -0.4 is 5.32 Å². The Balaban J connectivity index is 1.36. The van der Waals surface area contributed by atoms with E-state index in [2.05, 4.69) is 20.2 Å². The van der Waals surface area contributed by atoms with E-state index in [0.717, 1.165) is 56.9 Å². The maximum Gasteiger partial charge on any atom is 0.223 e. The molecular weight excluding hydrogens is 338 g/mol. The summed E-state index contributed by atoms with van der Waals surface area (Å²) in [7, 11) is 0. The van der Waals surface area contributed by atoms with Crippen LogP contribution in [0.1, 0.15) is 24.8 Å². The maximum absolute atomic E-state index is 13.1. The van der Waals surface area contributed by atoms with E-state index in [1.54, 1.807) is 0 Å². The van der Waals surface area contributed by atoms with Gasteiger partial charge in [0.1, 0.15) is 5.82 Å². The average molecular weight is 360 g/mol. The van der Waals surface area contributed by atoms with Gasteiger partial charge in [0.25, 0.3) is 0 Å². The Labute approximate surface area is 151 Å². The molecular formula is C19H22F2N4O. The first-order chi connectivity index (χ1) is 12.6. The van der Waals surface area contributed by atoms with E-state index in [0.29, 0.717) is 12.6 Å². The van der Waals surface area contributed by atoms with E-state index in [-0.39, 0.29) is 17.5 Å². The van der Waals surface area contributed by atoms with Gasteiger partial charge in [0.15, 0.2) is 5.82 Å². The molecule has 2 fully saturated rings. The zero-order valence-corrected chi connectivity index (χ0v) is 14.5. The molecule has 138 valence electrons. The second-order valence-electron chi connectivity index (χ2n) is 7.20. The van der Waals surface area contributed by atoms with Gasteiger partial charge in [-0.25, -0.2) is 18.7 Å². The zero-order valence-electron chi connectivity index (χ0n) is 14.5. The molecule has 2 atom stereocenters. The molecule has 26 heavy (non-hydrogen) atoms. The SMILES string of the molecule is Fc1ccc(CN2CCC[C@]3(C[C@@H](Nc4ncc(F)cn4)CO3)C2)cc1. The predicted molar refractivity (Wildman–Crippen MR) is 93.6 cm³/mol. The fourth-order valence-electron chi connectivity index (χ4n) is 3.96. The average Bonchev–Trinajstić information content (AvgIpc) is 3.01. The Kier molecular flexibility index (Phi) is 4.82. The fraction of sp³-hybridized carbons (Fsp3) is 0.474. The van der Waals surface area contributed by atoms with E-state index < -0.39 is 5.82 Å². The third-order valence-electron chi connectivity index (χ3n) is 5.10. The number of halogens is 2. The lowest BCUT2D eigenvalue weighted by atomic mass is 9.88. The molecule has 0 aliphatic carbocycles. The highest BCUT2D eigenvalue weighted by atomic mass is 19.1. The molecule has 2 aliphatic rings. The van der Waals surface area contributed by atoms with Gasteiger partial charge < -0.3 is 10.1 Å². The summed E-state index contributed by atoms with van der Waals surface area (Å²) < 4.78 is 32.2. The molecule has 1 aromatic heterocycles. The van der Waals surface area contributed by atoms with Crippen LogP contribution in [0.15, 0.2) is 36.7 Å². The van der Waals surface area contributed by atoms with E-state index in [9.17, 15) is 8.78 Å². The van der Waals surface area contributed by atoms with E-state index in [1.807, 2.05) is 12.1 Å². The Morgan fingerprint density at radius 2 is 1.92 bits per heavy atom. The Morgan fingerprint density at radius 1 is 1.15 bits per heavy atom. The van der Waals surface area contributed by atoms with Gasteiger partial charge in [-0.3, -0.25) is 4.90 Å². The van der Waals surface area contributed by atoms with Crippen molar-refractivity contribution in [2.24, 2.45) is 0 Å². The highest BCUT2D eigenvalue weighted by Crippen LogP contribution is 2.36. The van der Waals surface area contributed by atoms with Crippen LogP contribution in [0.2, 0.25) is 0 Å². The minimum Gasteiger partial charge on any atom is -0.371 e. The van der Waals surface area contributed by atoms with Crippen LogP contribution in [-0.4, -0.2) is 46.2 Å². The van der Waals surface area contributed by atoms with Crippen molar-refractivity contribution in [3.63, 3.8) is 0 Å². The maximum atomic E-state index is 13.1. The Bertz CT molecular complexity index is 740. The number of ether oxygens (including phenoxy) is 1. The van der Waals surface area contributed by atoms with Crippen molar-refractivity contribution >= 4 is 5.95 Å². The first-order valence-corrected chi connectivity index (χ1v) is 8.95. The lowest BCUT2D eigenvalue weighted by Crippen LogP contribution is -2.47. The highest BCUT2D eigenvalue weighted by molar-refractivity contribution is 5.26. The molecule has 0 amide bonds. The van der Waals surface area contributed by atoms with Crippen molar-refractivity contribution in [1.82, 2.24) is 14.9 Å². The first kappa shape index (κ1) is 17.3.